The van der Waals surface area contributed by atoms with Gasteiger partial charge in [0.05, 0.1) is 5.37 Å². The molecule has 3 aromatic carbocycles. The van der Waals surface area contributed by atoms with Crippen molar-refractivity contribution in [3.63, 3.8) is 0 Å². The Morgan fingerprint density at radius 3 is 2.26 bits per heavy atom. The number of nitrogens with one attached hydrogen (secondary N) is 1. The lowest BCUT2D eigenvalue weighted by Gasteiger charge is -2.37. The van der Waals surface area contributed by atoms with Gasteiger partial charge in [0.1, 0.15) is 18.2 Å². The van der Waals surface area contributed by atoms with Crippen LogP contribution < -0.4 is 5.32 Å². The number of carboxylic acids is 1. The zero-order chi connectivity index (χ0) is 29.3. The van der Waals surface area contributed by atoms with Gasteiger partial charge in [0.2, 0.25) is 0 Å². The number of carboxylic acid groups (broad SMARTS) is 1. The van der Waals surface area contributed by atoms with Crippen LogP contribution in [0.5, 0.6) is 0 Å². The highest BCUT2D eigenvalue weighted by atomic mass is 32.2. The zero-order valence-corrected chi connectivity index (χ0v) is 24.4. The Morgan fingerprint density at radius 2 is 1.62 bits per heavy atom. The van der Waals surface area contributed by atoms with Crippen molar-refractivity contribution in [1.82, 2.24) is 15.1 Å². The van der Waals surface area contributed by atoms with Gasteiger partial charge < -0.3 is 20.1 Å². The van der Waals surface area contributed by atoms with Gasteiger partial charge >= 0.3 is 12.1 Å². The minimum absolute atomic E-state index is 0.108. The van der Waals surface area contributed by atoms with Gasteiger partial charge in [-0.15, -0.1) is 11.8 Å². The SMILES string of the molecule is CCC1SCC(C(=O)O)N1C(=O)C1(NC(=O)OCC2c3ccccc3-c3ccccc32)CCN(Cc2ccccc2)C1. The summed E-state index contributed by atoms with van der Waals surface area (Å²) < 4.78 is 5.86. The summed E-state index contributed by atoms with van der Waals surface area (Å²) in [5.41, 5.74) is 4.31. The Hall–Kier alpha value is -3.82. The van der Waals surface area contributed by atoms with Crippen LogP contribution in [0.1, 0.15) is 42.4 Å². The molecular weight excluding hydrogens is 550 g/mol. The quantitative estimate of drug-likeness (QED) is 0.387. The fourth-order valence-corrected chi connectivity index (χ4v) is 7.96. The van der Waals surface area contributed by atoms with Gasteiger partial charge in [-0.25, -0.2) is 9.59 Å². The lowest BCUT2D eigenvalue weighted by molar-refractivity contribution is -0.152. The lowest BCUT2D eigenvalue weighted by atomic mass is 9.95. The van der Waals surface area contributed by atoms with Crippen LogP contribution in [0.25, 0.3) is 11.1 Å². The molecule has 2 N–H and O–H groups in total. The number of benzene rings is 3. The van der Waals surface area contributed by atoms with Crippen molar-refractivity contribution >= 4 is 29.7 Å². The van der Waals surface area contributed by atoms with E-state index in [9.17, 15) is 19.5 Å². The molecule has 0 radical (unpaired) electrons. The molecule has 6 rings (SSSR count). The van der Waals surface area contributed by atoms with E-state index in [0.717, 1.165) is 27.8 Å². The second kappa shape index (κ2) is 11.8. The van der Waals surface area contributed by atoms with E-state index in [2.05, 4.69) is 34.5 Å². The number of aliphatic carboxylic acids is 1. The number of rotatable bonds is 8. The van der Waals surface area contributed by atoms with Crippen LogP contribution in [0.2, 0.25) is 0 Å². The molecule has 3 aliphatic rings. The smallest absolute Gasteiger partial charge is 0.408 e. The van der Waals surface area contributed by atoms with Crippen molar-refractivity contribution in [2.24, 2.45) is 0 Å². The fourth-order valence-electron chi connectivity index (χ4n) is 6.61. The Balaban J connectivity index is 1.23. The maximum atomic E-state index is 14.3. The number of fused-ring (bicyclic) bond motifs is 3. The highest BCUT2D eigenvalue weighted by Gasteiger charge is 2.53. The number of hydrogen-bond acceptors (Lipinski definition) is 6. The first-order valence-electron chi connectivity index (χ1n) is 14.5. The zero-order valence-electron chi connectivity index (χ0n) is 23.6. The number of amides is 2. The summed E-state index contributed by atoms with van der Waals surface area (Å²) >= 11 is 1.48. The third-order valence-corrected chi connectivity index (χ3v) is 10.1. The van der Waals surface area contributed by atoms with Crippen LogP contribution >= 0.6 is 11.8 Å². The molecule has 0 spiro atoms. The van der Waals surface area contributed by atoms with Crippen molar-refractivity contribution in [2.75, 3.05) is 25.4 Å². The van der Waals surface area contributed by atoms with Gasteiger partial charge in [-0.1, -0.05) is 85.8 Å². The summed E-state index contributed by atoms with van der Waals surface area (Å²) in [6, 6.07) is 25.3. The highest BCUT2D eigenvalue weighted by molar-refractivity contribution is 8.00. The third-order valence-electron chi connectivity index (χ3n) is 8.65. The van der Waals surface area contributed by atoms with Crippen LogP contribution in [0.3, 0.4) is 0 Å². The van der Waals surface area contributed by atoms with Gasteiger partial charge in [-0.05, 0) is 40.7 Å². The molecule has 2 aliphatic heterocycles. The van der Waals surface area contributed by atoms with Crippen LogP contribution in [-0.4, -0.2) is 75.3 Å². The van der Waals surface area contributed by atoms with Gasteiger partial charge in [-0.2, -0.15) is 0 Å². The molecule has 2 fully saturated rings. The van der Waals surface area contributed by atoms with E-state index in [1.807, 2.05) is 61.5 Å². The molecule has 8 nitrogen and oxygen atoms in total. The predicted octanol–water partition coefficient (Wildman–Crippen LogP) is 4.93. The molecule has 2 saturated heterocycles. The van der Waals surface area contributed by atoms with Crippen molar-refractivity contribution in [1.29, 1.82) is 0 Å². The number of hydrogen-bond donors (Lipinski definition) is 2. The average molecular weight is 586 g/mol. The summed E-state index contributed by atoms with van der Waals surface area (Å²) in [7, 11) is 0. The number of thioether (sulfide) groups is 1. The molecule has 0 saturated carbocycles. The number of carbonyl (C=O) groups is 3. The second-order valence-electron chi connectivity index (χ2n) is 11.2. The molecule has 218 valence electrons. The summed E-state index contributed by atoms with van der Waals surface area (Å²) in [5, 5.41) is 12.6. The monoisotopic (exact) mass is 585 g/mol. The Morgan fingerprint density at radius 1 is 0.976 bits per heavy atom. The molecule has 42 heavy (non-hydrogen) atoms. The van der Waals surface area contributed by atoms with Gasteiger partial charge in [0.15, 0.2) is 0 Å². The van der Waals surface area contributed by atoms with Crippen LogP contribution in [-0.2, 0) is 20.9 Å². The molecule has 3 atom stereocenters. The normalized spacial score (nSPS) is 23.4. The molecule has 3 unspecified atom stereocenters. The lowest BCUT2D eigenvalue weighted by Crippen LogP contribution is -2.64. The van der Waals surface area contributed by atoms with E-state index < -0.39 is 23.6 Å². The largest absolute Gasteiger partial charge is 0.480 e. The van der Waals surface area contributed by atoms with Crippen molar-refractivity contribution in [3.05, 3.63) is 95.6 Å². The third kappa shape index (κ3) is 5.27. The molecule has 3 aromatic rings. The number of nitrogens with zero attached hydrogens (tertiary/aromatic N) is 2. The maximum absolute atomic E-state index is 14.3. The van der Waals surface area contributed by atoms with Crippen molar-refractivity contribution in [2.45, 2.75) is 49.2 Å². The summed E-state index contributed by atoms with van der Waals surface area (Å²) in [5.74, 6) is -1.16. The number of ether oxygens (including phenoxy) is 1. The number of carbonyl (C=O) groups excluding carboxylic acids is 2. The van der Waals surface area contributed by atoms with Crippen molar-refractivity contribution in [3.8, 4) is 11.1 Å². The number of alkyl carbamates (subject to hydrolysis) is 1. The molecule has 2 amide bonds. The molecule has 0 aromatic heterocycles. The summed E-state index contributed by atoms with van der Waals surface area (Å²) in [6.45, 7) is 3.56. The van der Waals surface area contributed by atoms with Crippen molar-refractivity contribution < 1.29 is 24.2 Å². The first-order chi connectivity index (χ1) is 20.4. The van der Waals surface area contributed by atoms with Gasteiger partial charge in [0, 0.05) is 31.3 Å². The topological polar surface area (TPSA) is 99.2 Å². The molecule has 2 heterocycles. The van der Waals surface area contributed by atoms with E-state index in [4.69, 9.17) is 4.74 Å². The second-order valence-corrected chi connectivity index (χ2v) is 12.5. The van der Waals surface area contributed by atoms with E-state index in [1.165, 1.54) is 16.7 Å². The molecule has 1 aliphatic carbocycles. The minimum Gasteiger partial charge on any atom is -0.480 e. The standard InChI is InChI=1S/C33H35N3O5S/c1-2-29-36(28(20-42-29)30(37)38)31(39)33(16-17-35(21-33)18-22-10-4-3-5-11-22)34-32(40)41-19-27-25-14-8-6-12-23(25)24-13-7-9-15-26(24)27/h3-15,27-29H,2,16-21H2,1H3,(H,34,40)(H,37,38). The fraction of sp³-hybridized carbons (Fsp3) is 0.364. The first-order valence-corrected chi connectivity index (χ1v) is 15.5. The first kappa shape index (κ1) is 28.3. The van der Waals surface area contributed by atoms with Crippen LogP contribution in [0.4, 0.5) is 4.79 Å². The maximum Gasteiger partial charge on any atom is 0.408 e. The summed E-state index contributed by atoms with van der Waals surface area (Å²) in [4.78, 5) is 43.6. The van der Waals surface area contributed by atoms with E-state index >= 15 is 0 Å². The molecule has 9 heteroatoms. The van der Waals surface area contributed by atoms with Gasteiger partial charge in [-0.3, -0.25) is 9.69 Å². The number of likely N-dealkylation sites (tertiary alicyclic amines) is 1. The van der Waals surface area contributed by atoms with Crippen LogP contribution in [0, 0.1) is 0 Å². The molecular formula is C33H35N3O5S. The Labute approximate surface area is 250 Å². The van der Waals surface area contributed by atoms with E-state index in [-0.39, 0.29) is 30.4 Å². The van der Waals surface area contributed by atoms with E-state index in [1.54, 1.807) is 0 Å². The average Bonchev–Trinajstić information content (AvgIpc) is 3.71. The molecule has 0 bridgehead atoms. The summed E-state index contributed by atoms with van der Waals surface area (Å²) in [6.07, 6.45) is 0.320. The predicted molar refractivity (Wildman–Crippen MR) is 162 cm³/mol. The Kier molecular flexibility index (Phi) is 7.96. The van der Waals surface area contributed by atoms with E-state index in [0.29, 0.717) is 31.7 Å². The highest BCUT2D eigenvalue weighted by Crippen LogP contribution is 2.44. The van der Waals surface area contributed by atoms with Crippen LogP contribution in [0.15, 0.2) is 78.9 Å². The Bertz CT molecular complexity index is 1440. The minimum atomic E-state index is -1.29. The van der Waals surface area contributed by atoms with Gasteiger partial charge in [0.25, 0.3) is 5.91 Å².